The van der Waals surface area contributed by atoms with Crippen molar-refractivity contribution in [3.8, 4) is 5.88 Å². The fraction of sp³-hybridized carbons (Fsp3) is 0.167. The summed E-state index contributed by atoms with van der Waals surface area (Å²) >= 11 is 0. The second kappa shape index (κ2) is 2.96. The second-order valence-electron chi connectivity index (χ2n) is 1.90. The van der Waals surface area contributed by atoms with Crippen molar-refractivity contribution in [2.75, 3.05) is 0 Å². The van der Waals surface area contributed by atoms with Crippen LogP contribution in [-0.4, -0.2) is 19.9 Å². The molecule has 58 valence electrons. The minimum absolute atomic E-state index is 0.321. The SMILES string of the molecule is C=CCn1cnnc(O)c1=O. The molecular weight excluding hydrogens is 146 g/mol. The lowest BCUT2D eigenvalue weighted by atomic mass is 10.6. The molecule has 1 heterocycles. The average Bonchev–Trinajstić information content (AvgIpc) is 1.99. The van der Waals surface area contributed by atoms with E-state index < -0.39 is 11.4 Å². The highest BCUT2D eigenvalue weighted by Crippen LogP contribution is 1.87. The summed E-state index contributed by atoms with van der Waals surface area (Å²) in [6.45, 7) is 3.76. The van der Waals surface area contributed by atoms with Gasteiger partial charge in [-0.3, -0.25) is 9.36 Å². The van der Waals surface area contributed by atoms with Crippen molar-refractivity contribution in [1.29, 1.82) is 0 Å². The third kappa shape index (κ3) is 1.43. The number of hydrogen-bond donors (Lipinski definition) is 1. The van der Waals surface area contributed by atoms with Crippen LogP contribution in [0.5, 0.6) is 5.88 Å². The summed E-state index contributed by atoms with van der Waals surface area (Å²) in [7, 11) is 0. The van der Waals surface area contributed by atoms with Crippen molar-refractivity contribution in [3.05, 3.63) is 29.3 Å². The summed E-state index contributed by atoms with van der Waals surface area (Å²) in [4.78, 5) is 10.9. The molecule has 5 nitrogen and oxygen atoms in total. The summed E-state index contributed by atoms with van der Waals surface area (Å²) < 4.78 is 1.20. The van der Waals surface area contributed by atoms with Crippen LogP contribution < -0.4 is 5.56 Å². The Morgan fingerprint density at radius 3 is 3.18 bits per heavy atom. The van der Waals surface area contributed by atoms with E-state index in [-0.39, 0.29) is 0 Å². The van der Waals surface area contributed by atoms with E-state index in [4.69, 9.17) is 5.11 Å². The topological polar surface area (TPSA) is 68.0 Å². The number of aromatic nitrogens is 3. The van der Waals surface area contributed by atoms with E-state index in [1.165, 1.54) is 17.0 Å². The van der Waals surface area contributed by atoms with Crippen LogP contribution in [0.15, 0.2) is 23.8 Å². The van der Waals surface area contributed by atoms with Crippen LogP contribution in [0.25, 0.3) is 0 Å². The predicted octanol–water partition coefficient (Wildman–Crippen LogP) is -0.470. The van der Waals surface area contributed by atoms with Gasteiger partial charge in [-0.05, 0) is 0 Å². The van der Waals surface area contributed by atoms with Crippen LogP contribution in [0.3, 0.4) is 0 Å². The molecule has 0 atom stereocenters. The Hall–Kier alpha value is -1.65. The largest absolute Gasteiger partial charge is 0.488 e. The van der Waals surface area contributed by atoms with Gasteiger partial charge in [0.25, 0.3) is 5.88 Å². The van der Waals surface area contributed by atoms with Gasteiger partial charge in [0.2, 0.25) is 0 Å². The number of allylic oxidation sites excluding steroid dienone is 1. The van der Waals surface area contributed by atoms with Crippen LogP contribution in [0.1, 0.15) is 0 Å². The van der Waals surface area contributed by atoms with Crippen LogP contribution in [0, 0.1) is 0 Å². The smallest absolute Gasteiger partial charge is 0.316 e. The van der Waals surface area contributed by atoms with E-state index in [0.29, 0.717) is 6.54 Å². The molecule has 0 fully saturated rings. The first-order chi connectivity index (χ1) is 5.25. The third-order valence-corrected chi connectivity index (χ3v) is 1.12. The Morgan fingerprint density at radius 2 is 2.55 bits per heavy atom. The number of nitrogens with zero attached hydrogens (tertiary/aromatic N) is 3. The molecule has 0 aliphatic heterocycles. The van der Waals surface area contributed by atoms with Gasteiger partial charge in [-0.2, -0.15) is 0 Å². The molecule has 0 spiro atoms. The molecule has 0 radical (unpaired) electrons. The zero-order valence-corrected chi connectivity index (χ0v) is 5.77. The Labute approximate surface area is 62.6 Å². The number of hydrogen-bond acceptors (Lipinski definition) is 4. The summed E-state index contributed by atoms with van der Waals surface area (Å²) in [6.07, 6.45) is 2.77. The van der Waals surface area contributed by atoms with E-state index >= 15 is 0 Å². The number of aromatic hydroxyl groups is 1. The lowest BCUT2D eigenvalue weighted by molar-refractivity contribution is 0.424. The van der Waals surface area contributed by atoms with Gasteiger partial charge >= 0.3 is 5.56 Å². The van der Waals surface area contributed by atoms with Crippen molar-refractivity contribution in [1.82, 2.24) is 14.8 Å². The van der Waals surface area contributed by atoms with Crippen molar-refractivity contribution >= 4 is 0 Å². The Bertz CT molecular complexity index is 318. The van der Waals surface area contributed by atoms with Gasteiger partial charge < -0.3 is 5.11 Å². The summed E-state index contributed by atoms with van der Waals surface area (Å²) in [5.74, 6) is -0.589. The van der Waals surface area contributed by atoms with Crippen molar-refractivity contribution < 1.29 is 5.11 Å². The minimum Gasteiger partial charge on any atom is -0.488 e. The predicted molar refractivity (Wildman–Crippen MR) is 38.2 cm³/mol. The molecule has 0 amide bonds. The highest BCUT2D eigenvalue weighted by Gasteiger charge is 1.99. The molecular formula is C6H7N3O2. The minimum atomic E-state index is -0.589. The Kier molecular flexibility index (Phi) is 2.00. The van der Waals surface area contributed by atoms with Gasteiger partial charge in [0.05, 0.1) is 0 Å². The normalized spacial score (nSPS) is 9.45. The maximum absolute atomic E-state index is 10.9. The summed E-state index contributed by atoms with van der Waals surface area (Å²) in [5, 5.41) is 15.3. The van der Waals surface area contributed by atoms with Gasteiger partial charge in [-0.25, -0.2) is 0 Å². The van der Waals surface area contributed by atoms with E-state index in [2.05, 4.69) is 16.8 Å². The van der Waals surface area contributed by atoms with Gasteiger partial charge in [0, 0.05) is 6.54 Å². The molecule has 1 rings (SSSR count). The average molecular weight is 153 g/mol. The molecule has 1 aromatic heterocycles. The first kappa shape index (κ1) is 7.46. The van der Waals surface area contributed by atoms with Crippen LogP contribution in [0.4, 0.5) is 0 Å². The lowest BCUT2D eigenvalue weighted by Crippen LogP contribution is -2.20. The van der Waals surface area contributed by atoms with E-state index in [9.17, 15) is 4.79 Å². The fourth-order valence-corrected chi connectivity index (χ4v) is 0.636. The summed E-state index contributed by atoms with van der Waals surface area (Å²) in [6, 6.07) is 0. The molecule has 0 unspecified atom stereocenters. The standard InChI is InChI=1S/C6H7N3O2/c1-2-3-9-4-7-8-5(10)6(9)11/h2,4H,1,3H2,(H,8,10). The Morgan fingerprint density at radius 1 is 1.82 bits per heavy atom. The van der Waals surface area contributed by atoms with E-state index in [0.717, 1.165) is 0 Å². The molecule has 0 saturated heterocycles. The molecule has 1 N–H and O–H groups in total. The van der Waals surface area contributed by atoms with Crippen LogP contribution in [0.2, 0.25) is 0 Å². The summed E-state index contributed by atoms with van der Waals surface area (Å²) in [5.41, 5.74) is -0.556. The van der Waals surface area contributed by atoms with Gasteiger partial charge in [0.1, 0.15) is 6.33 Å². The van der Waals surface area contributed by atoms with Gasteiger partial charge in [0.15, 0.2) is 0 Å². The van der Waals surface area contributed by atoms with Crippen molar-refractivity contribution in [2.45, 2.75) is 6.54 Å². The molecule has 0 aliphatic rings. The zero-order valence-electron chi connectivity index (χ0n) is 5.77. The van der Waals surface area contributed by atoms with Crippen LogP contribution >= 0.6 is 0 Å². The lowest BCUT2D eigenvalue weighted by Gasteiger charge is -1.97. The molecule has 0 saturated carbocycles. The van der Waals surface area contributed by atoms with Crippen LogP contribution in [-0.2, 0) is 6.54 Å². The first-order valence-electron chi connectivity index (χ1n) is 2.97. The maximum Gasteiger partial charge on any atom is 0.316 e. The van der Waals surface area contributed by atoms with Gasteiger partial charge in [-0.1, -0.05) is 6.08 Å². The Balaban J connectivity index is 3.16. The first-order valence-corrected chi connectivity index (χ1v) is 2.97. The van der Waals surface area contributed by atoms with E-state index in [1.807, 2.05) is 0 Å². The molecule has 0 aromatic carbocycles. The number of rotatable bonds is 2. The molecule has 0 bridgehead atoms. The van der Waals surface area contributed by atoms with Gasteiger partial charge in [-0.15, -0.1) is 16.8 Å². The highest BCUT2D eigenvalue weighted by atomic mass is 16.3. The van der Waals surface area contributed by atoms with E-state index in [1.54, 1.807) is 0 Å². The van der Waals surface area contributed by atoms with Crippen molar-refractivity contribution in [2.24, 2.45) is 0 Å². The zero-order chi connectivity index (χ0) is 8.27. The highest BCUT2D eigenvalue weighted by molar-refractivity contribution is 4.98. The maximum atomic E-state index is 10.9. The molecule has 0 aliphatic carbocycles. The third-order valence-electron chi connectivity index (χ3n) is 1.12. The monoisotopic (exact) mass is 153 g/mol. The van der Waals surface area contributed by atoms with Crippen molar-refractivity contribution in [3.63, 3.8) is 0 Å². The quantitative estimate of drug-likeness (QED) is 0.583. The molecule has 11 heavy (non-hydrogen) atoms. The fourth-order valence-electron chi connectivity index (χ4n) is 0.636. The molecule has 5 heteroatoms. The second-order valence-corrected chi connectivity index (χ2v) is 1.90. The molecule has 1 aromatic rings.